The van der Waals surface area contributed by atoms with Gasteiger partial charge in [-0.15, -0.1) is 0 Å². The summed E-state index contributed by atoms with van der Waals surface area (Å²) < 4.78 is 12.0. The van der Waals surface area contributed by atoms with Gasteiger partial charge in [0.1, 0.15) is 0 Å². The predicted octanol–water partition coefficient (Wildman–Crippen LogP) is 7.44. The lowest BCUT2D eigenvalue weighted by molar-refractivity contribution is 0.164. The first-order valence-corrected chi connectivity index (χ1v) is 16.0. The third kappa shape index (κ3) is 7.83. The molecule has 1 N–H and O–H groups in total. The molecule has 212 valence electrons. The zero-order valence-electron chi connectivity index (χ0n) is 25.1. The van der Waals surface area contributed by atoms with E-state index < -0.39 is 14.4 Å². The van der Waals surface area contributed by atoms with E-state index in [1.54, 1.807) is 0 Å². The highest BCUT2D eigenvalue weighted by molar-refractivity contribution is 6.99. The van der Waals surface area contributed by atoms with Gasteiger partial charge in [-0.05, 0) is 39.7 Å². The standard InChI is InChI=1S/C35H45NO3Si/c1-27(23-24-29(3)33(36-34(37)38-7)30-17-11-8-12-18-30)25-28(2)26-39-40(35(4,5)6,31-19-13-9-14-20-31)32-21-15-10-16-22-32/h8-25,28-29,33H,26H2,1-7H3,(H,36,37)/b24-23+,27-25+/t28-,29+,33-/m1/s1. The maximum absolute atomic E-state index is 12.0. The number of hydrogen-bond donors (Lipinski definition) is 1. The second-order valence-electron chi connectivity index (χ2n) is 11.6. The lowest BCUT2D eigenvalue weighted by atomic mass is 9.93. The van der Waals surface area contributed by atoms with E-state index in [1.807, 2.05) is 30.3 Å². The van der Waals surface area contributed by atoms with Crippen LogP contribution in [0, 0.1) is 11.8 Å². The van der Waals surface area contributed by atoms with Crippen LogP contribution in [0.1, 0.15) is 53.1 Å². The number of hydrogen-bond acceptors (Lipinski definition) is 3. The smallest absolute Gasteiger partial charge is 0.407 e. The first-order valence-electron chi connectivity index (χ1n) is 14.1. The molecule has 0 aliphatic carbocycles. The normalized spacial score (nSPS) is 14.9. The Kier molecular flexibility index (Phi) is 11.1. The molecule has 3 atom stereocenters. The Labute approximate surface area is 242 Å². The summed E-state index contributed by atoms with van der Waals surface area (Å²) in [6.45, 7) is 14.0. The first kappa shape index (κ1) is 31.1. The van der Waals surface area contributed by atoms with Gasteiger partial charge in [-0.25, -0.2) is 4.79 Å². The van der Waals surface area contributed by atoms with Crippen molar-refractivity contribution in [2.45, 2.75) is 52.6 Å². The van der Waals surface area contributed by atoms with Gasteiger partial charge in [0.05, 0.1) is 13.2 Å². The number of benzene rings is 3. The van der Waals surface area contributed by atoms with Crippen molar-refractivity contribution in [1.82, 2.24) is 5.32 Å². The SMILES string of the molecule is COC(=O)N[C@@H](c1ccccc1)[C@@H](C)/C=C/C(C)=C/[C@@H](C)CO[Si](c1ccccc1)(c1ccccc1)C(C)(C)C. The summed E-state index contributed by atoms with van der Waals surface area (Å²) in [5.41, 5.74) is 2.20. The first-order chi connectivity index (χ1) is 19.1. The van der Waals surface area contributed by atoms with Crippen molar-refractivity contribution in [3.63, 3.8) is 0 Å². The van der Waals surface area contributed by atoms with Gasteiger partial charge >= 0.3 is 6.09 Å². The van der Waals surface area contributed by atoms with E-state index >= 15 is 0 Å². The third-order valence-electron chi connectivity index (χ3n) is 7.33. The van der Waals surface area contributed by atoms with Crippen molar-refractivity contribution in [1.29, 1.82) is 0 Å². The molecule has 0 saturated carbocycles. The zero-order valence-corrected chi connectivity index (χ0v) is 26.1. The summed E-state index contributed by atoms with van der Waals surface area (Å²) in [4.78, 5) is 12.0. The van der Waals surface area contributed by atoms with Crippen molar-refractivity contribution in [3.8, 4) is 0 Å². The molecule has 3 aromatic rings. The fraction of sp³-hybridized carbons (Fsp3) is 0.343. The van der Waals surface area contributed by atoms with Crippen molar-refractivity contribution in [3.05, 3.63) is 120 Å². The number of rotatable bonds is 11. The summed E-state index contributed by atoms with van der Waals surface area (Å²) in [7, 11) is -1.18. The van der Waals surface area contributed by atoms with Crippen LogP contribution in [-0.2, 0) is 9.16 Å². The topological polar surface area (TPSA) is 47.6 Å². The molecule has 0 spiro atoms. The van der Waals surface area contributed by atoms with Gasteiger partial charge in [0.25, 0.3) is 8.32 Å². The highest BCUT2D eigenvalue weighted by atomic mass is 28.4. The Bertz CT molecular complexity index is 1210. The number of amides is 1. The Morgan fingerprint density at radius 1 is 0.875 bits per heavy atom. The van der Waals surface area contributed by atoms with Gasteiger partial charge in [-0.1, -0.05) is 149 Å². The number of methoxy groups -OCH3 is 1. The molecule has 0 heterocycles. The Morgan fingerprint density at radius 3 is 1.85 bits per heavy atom. The van der Waals surface area contributed by atoms with Crippen LogP contribution in [0.3, 0.4) is 0 Å². The maximum atomic E-state index is 12.0. The molecule has 3 rings (SSSR count). The van der Waals surface area contributed by atoms with E-state index in [2.05, 4.69) is 126 Å². The fourth-order valence-electron chi connectivity index (χ4n) is 5.35. The number of ether oxygens (including phenoxy) is 1. The Balaban J connectivity index is 1.80. The molecule has 0 radical (unpaired) electrons. The Hall–Kier alpha value is -3.41. The van der Waals surface area contributed by atoms with E-state index in [0.717, 1.165) is 11.1 Å². The zero-order chi connectivity index (χ0) is 29.2. The molecule has 0 fully saturated rings. The summed E-state index contributed by atoms with van der Waals surface area (Å²) in [6.07, 6.45) is 6.12. The quantitative estimate of drug-likeness (QED) is 0.198. The molecule has 1 amide bonds. The monoisotopic (exact) mass is 555 g/mol. The minimum Gasteiger partial charge on any atom is -0.453 e. The van der Waals surface area contributed by atoms with Gasteiger partial charge in [-0.2, -0.15) is 0 Å². The van der Waals surface area contributed by atoms with Gasteiger partial charge in [0.15, 0.2) is 0 Å². The minimum atomic E-state index is -2.57. The second-order valence-corrected chi connectivity index (χ2v) is 15.9. The van der Waals surface area contributed by atoms with E-state index in [0.29, 0.717) is 6.61 Å². The highest BCUT2D eigenvalue weighted by Gasteiger charge is 2.50. The van der Waals surface area contributed by atoms with E-state index in [4.69, 9.17) is 9.16 Å². The van der Waals surface area contributed by atoms with E-state index in [1.165, 1.54) is 17.5 Å². The second kappa shape index (κ2) is 14.3. The molecule has 5 heteroatoms. The van der Waals surface area contributed by atoms with Crippen molar-refractivity contribution < 1.29 is 14.0 Å². The summed E-state index contributed by atoms with van der Waals surface area (Å²) in [5, 5.41) is 5.51. The number of nitrogens with one attached hydrogen (secondary N) is 1. The van der Waals surface area contributed by atoms with Crippen LogP contribution >= 0.6 is 0 Å². The van der Waals surface area contributed by atoms with Gasteiger partial charge < -0.3 is 14.5 Å². The summed E-state index contributed by atoms with van der Waals surface area (Å²) >= 11 is 0. The number of alkyl carbamates (subject to hydrolysis) is 1. The molecule has 0 aromatic heterocycles. The minimum absolute atomic E-state index is 0.0530. The van der Waals surface area contributed by atoms with Crippen molar-refractivity contribution in [2.75, 3.05) is 13.7 Å². The lowest BCUT2D eigenvalue weighted by Gasteiger charge is -2.43. The van der Waals surface area contributed by atoms with Crippen LogP contribution < -0.4 is 15.7 Å². The van der Waals surface area contributed by atoms with Crippen molar-refractivity contribution in [2.24, 2.45) is 11.8 Å². The van der Waals surface area contributed by atoms with Crippen LogP contribution in [-0.4, -0.2) is 28.1 Å². The molecule has 3 aromatic carbocycles. The number of allylic oxidation sites excluding steroid dienone is 2. The van der Waals surface area contributed by atoms with Crippen LogP contribution in [0.5, 0.6) is 0 Å². The molecule has 0 unspecified atom stereocenters. The maximum Gasteiger partial charge on any atom is 0.407 e. The number of carbonyl (C=O) groups excluding carboxylic acids is 1. The molecule has 40 heavy (non-hydrogen) atoms. The highest BCUT2D eigenvalue weighted by Crippen LogP contribution is 2.37. The van der Waals surface area contributed by atoms with Gasteiger partial charge in [0.2, 0.25) is 0 Å². The van der Waals surface area contributed by atoms with Crippen molar-refractivity contribution >= 4 is 24.8 Å². The molecular formula is C35H45NO3Si. The molecule has 0 saturated heterocycles. The van der Waals surface area contributed by atoms with Crippen LogP contribution in [0.2, 0.25) is 5.04 Å². The van der Waals surface area contributed by atoms with Crippen LogP contribution in [0.4, 0.5) is 4.79 Å². The van der Waals surface area contributed by atoms with E-state index in [9.17, 15) is 4.79 Å². The molecule has 0 aliphatic rings. The molecular weight excluding hydrogens is 510 g/mol. The largest absolute Gasteiger partial charge is 0.453 e. The number of carbonyl (C=O) groups is 1. The average molecular weight is 556 g/mol. The summed E-state index contributed by atoms with van der Waals surface area (Å²) in [5.74, 6) is 0.285. The predicted molar refractivity (Wildman–Crippen MR) is 170 cm³/mol. The lowest BCUT2D eigenvalue weighted by Crippen LogP contribution is -2.66. The van der Waals surface area contributed by atoms with Gasteiger partial charge in [-0.3, -0.25) is 0 Å². The average Bonchev–Trinajstić information content (AvgIpc) is 2.95. The fourth-order valence-corrected chi connectivity index (χ4v) is 10.0. The summed E-state index contributed by atoms with van der Waals surface area (Å²) in [6, 6.07) is 31.3. The van der Waals surface area contributed by atoms with E-state index in [-0.39, 0.29) is 22.9 Å². The molecule has 0 aliphatic heterocycles. The van der Waals surface area contributed by atoms with Gasteiger partial charge in [0, 0.05) is 6.61 Å². The molecule has 0 bridgehead atoms. The van der Waals surface area contributed by atoms with Crippen LogP contribution in [0.25, 0.3) is 0 Å². The molecule has 4 nitrogen and oxygen atoms in total. The third-order valence-corrected chi connectivity index (χ3v) is 12.3. The Morgan fingerprint density at radius 2 is 1.38 bits per heavy atom. The van der Waals surface area contributed by atoms with Crippen LogP contribution in [0.15, 0.2) is 115 Å².